The molecule has 1 unspecified atom stereocenters. The van der Waals surface area contributed by atoms with E-state index >= 15 is 0 Å². The van der Waals surface area contributed by atoms with Crippen molar-refractivity contribution >= 4 is 21.8 Å². The van der Waals surface area contributed by atoms with Gasteiger partial charge in [0.1, 0.15) is 11.6 Å². The quantitative estimate of drug-likeness (QED) is 0.891. The number of halogens is 3. The first-order chi connectivity index (χ1) is 9.45. The van der Waals surface area contributed by atoms with Crippen LogP contribution in [0, 0.1) is 11.6 Å². The third kappa shape index (κ3) is 3.63. The van der Waals surface area contributed by atoms with Gasteiger partial charge in [0.15, 0.2) is 0 Å². The van der Waals surface area contributed by atoms with Crippen LogP contribution in [-0.4, -0.2) is 5.91 Å². The van der Waals surface area contributed by atoms with Gasteiger partial charge in [0, 0.05) is 16.1 Å². The molecule has 1 amide bonds. The molecule has 0 spiro atoms. The maximum absolute atomic E-state index is 13.1. The minimum atomic E-state index is -0.772. The van der Waals surface area contributed by atoms with Crippen molar-refractivity contribution in [2.24, 2.45) is 0 Å². The topological polar surface area (TPSA) is 29.1 Å². The van der Waals surface area contributed by atoms with Crippen molar-refractivity contribution in [3.63, 3.8) is 0 Å². The van der Waals surface area contributed by atoms with Gasteiger partial charge in [0.05, 0.1) is 6.04 Å². The van der Waals surface area contributed by atoms with Gasteiger partial charge in [0.2, 0.25) is 0 Å². The Balaban J connectivity index is 2.12. The maximum Gasteiger partial charge on any atom is 0.251 e. The molecule has 0 aliphatic rings. The Hall–Kier alpha value is -1.75. The van der Waals surface area contributed by atoms with Gasteiger partial charge in [-0.15, -0.1) is 0 Å². The molecule has 0 fully saturated rings. The summed E-state index contributed by atoms with van der Waals surface area (Å²) in [5.41, 5.74) is 0.866. The predicted octanol–water partition coefficient (Wildman–Crippen LogP) is 4.22. The van der Waals surface area contributed by atoms with E-state index in [9.17, 15) is 13.6 Å². The lowest BCUT2D eigenvalue weighted by Gasteiger charge is -2.14. The van der Waals surface area contributed by atoms with Crippen molar-refractivity contribution in [1.29, 1.82) is 0 Å². The average molecular weight is 340 g/mol. The lowest BCUT2D eigenvalue weighted by atomic mass is 10.1. The van der Waals surface area contributed by atoms with Crippen molar-refractivity contribution in [3.05, 3.63) is 69.7 Å². The van der Waals surface area contributed by atoms with E-state index in [0.717, 1.165) is 28.2 Å². The van der Waals surface area contributed by atoms with E-state index in [2.05, 4.69) is 21.2 Å². The van der Waals surface area contributed by atoms with Crippen LogP contribution in [0.5, 0.6) is 0 Å². The van der Waals surface area contributed by atoms with Crippen LogP contribution >= 0.6 is 15.9 Å². The first kappa shape index (κ1) is 14.7. The van der Waals surface area contributed by atoms with Crippen LogP contribution in [0.15, 0.2) is 46.9 Å². The highest BCUT2D eigenvalue weighted by Gasteiger charge is 2.13. The molecule has 104 valence electrons. The van der Waals surface area contributed by atoms with E-state index in [-0.39, 0.29) is 11.6 Å². The normalized spacial score (nSPS) is 12.0. The Bertz CT molecular complexity index is 608. The minimum absolute atomic E-state index is 0.0357. The molecule has 1 atom stereocenters. The van der Waals surface area contributed by atoms with E-state index in [1.165, 1.54) is 0 Å². The predicted molar refractivity (Wildman–Crippen MR) is 76.4 cm³/mol. The molecule has 0 heterocycles. The Morgan fingerprint density at radius 3 is 2.20 bits per heavy atom. The van der Waals surface area contributed by atoms with Crippen LogP contribution in [0.25, 0.3) is 0 Å². The highest BCUT2D eigenvalue weighted by atomic mass is 79.9. The summed E-state index contributed by atoms with van der Waals surface area (Å²) in [6, 6.07) is 9.93. The summed E-state index contributed by atoms with van der Waals surface area (Å²) in [5, 5.41) is 2.70. The molecule has 0 saturated heterocycles. The Labute approximate surface area is 123 Å². The van der Waals surface area contributed by atoms with Gasteiger partial charge in [-0.2, -0.15) is 0 Å². The second-order valence-electron chi connectivity index (χ2n) is 4.40. The lowest BCUT2D eigenvalue weighted by Crippen LogP contribution is -2.26. The van der Waals surface area contributed by atoms with Crippen molar-refractivity contribution in [2.75, 3.05) is 0 Å². The SMILES string of the molecule is CC(NC(=O)c1cc(F)cc(F)c1)c1ccc(Br)cc1. The zero-order valence-corrected chi connectivity index (χ0v) is 12.2. The molecule has 0 aliphatic heterocycles. The molecular formula is C15H12BrF2NO. The molecule has 5 heteroatoms. The van der Waals surface area contributed by atoms with Gasteiger partial charge in [-0.1, -0.05) is 28.1 Å². The monoisotopic (exact) mass is 339 g/mol. The number of hydrogen-bond donors (Lipinski definition) is 1. The largest absolute Gasteiger partial charge is 0.346 e. The number of carbonyl (C=O) groups excluding carboxylic acids is 1. The Morgan fingerprint density at radius 1 is 1.10 bits per heavy atom. The third-order valence-corrected chi connectivity index (χ3v) is 3.37. The maximum atomic E-state index is 13.1. The molecule has 2 nitrogen and oxygen atoms in total. The molecule has 1 N–H and O–H groups in total. The van der Waals surface area contributed by atoms with Crippen LogP contribution in [0.2, 0.25) is 0 Å². The van der Waals surface area contributed by atoms with E-state index in [1.54, 1.807) is 6.92 Å². The van der Waals surface area contributed by atoms with Crippen molar-refractivity contribution in [2.45, 2.75) is 13.0 Å². The van der Waals surface area contributed by atoms with Crippen LogP contribution in [0.3, 0.4) is 0 Å². The van der Waals surface area contributed by atoms with E-state index in [0.29, 0.717) is 0 Å². The van der Waals surface area contributed by atoms with Gasteiger partial charge in [-0.3, -0.25) is 4.79 Å². The average Bonchev–Trinajstić information content (AvgIpc) is 2.38. The summed E-state index contributed by atoms with van der Waals surface area (Å²) in [4.78, 5) is 11.9. The smallest absolute Gasteiger partial charge is 0.251 e. The lowest BCUT2D eigenvalue weighted by molar-refractivity contribution is 0.0939. The summed E-state index contributed by atoms with van der Waals surface area (Å²) in [7, 11) is 0. The molecule has 2 aromatic carbocycles. The molecular weight excluding hydrogens is 328 g/mol. The van der Waals surface area contributed by atoms with Gasteiger partial charge < -0.3 is 5.32 Å². The second kappa shape index (κ2) is 6.13. The van der Waals surface area contributed by atoms with Crippen LogP contribution in [-0.2, 0) is 0 Å². The summed E-state index contributed by atoms with van der Waals surface area (Å²) < 4.78 is 27.1. The molecule has 20 heavy (non-hydrogen) atoms. The number of amides is 1. The standard InChI is InChI=1S/C15H12BrF2NO/c1-9(10-2-4-12(16)5-3-10)19-15(20)11-6-13(17)8-14(18)7-11/h2-9H,1H3,(H,19,20). The number of hydrogen-bond acceptors (Lipinski definition) is 1. The molecule has 0 saturated carbocycles. The number of rotatable bonds is 3. The zero-order chi connectivity index (χ0) is 14.7. The van der Waals surface area contributed by atoms with Gasteiger partial charge in [0.25, 0.3) is 5.91 Å². The molecule has 0 aromatic heterocycles. The molecule has 2 aromatic rings. The van der Waals surface area contributed by atoms with Crippen LogP contribution < -0.4 is 5.32 Å². The fraction of sp³-hybridized carbons (Fsp3) is 0.133. The Morgan fingerprint density at radius 2 is 1.65 bits per heavy atom. The van der Waals surface area contributed by atoms with Crippen molar-refractivity contribution in [3.8, 4) is 0 Å². The van der Waals surface area contributed by atoms with E-state index in [4.69, 9.17) is 0 Å². The zero-order valence-electron chi connectivity index (χ0n) is 10.7. The Kier molecular flexibility index (Phi) is 4.49. The van der Waals surface area contributed by atoms with Gasteiger partial charge >= 0.3 is 0 Å². The fourth-order valence-corrected chi connectivity index (χ4v) is 2.06. The van der Waals surface area contributed by atoms with Crippen molar-refractivity contribution < 1.29 is 13.6 Å². The number of nitrogens with one attached hydrogen (secondary N) is 1. The second-order valence-corrected chi connectivity index (χ2v) is 5.32. The molecule has 0 bridgehead atoms. The number of carbonyl (C=O) groups is 1. The van der Waals surface area contributed by atoms with Crippen molar-refractivity contribution in [1.82, 2.24) is 5.32 Å². The van der Waals surface area contributed by atoms with Crippen LogP contribution in [0.1, 0.15) is 28.9 Å². The fourth-order valence-electron chi connectivity index (χ4n) is 1.80. The molecule has 0 aliphatic carbocycles. The van der Waals surface area contributed by atoms with E-state index < -0.39 is 17.5 Å². The third-order valence-electron chi connectivity index (χ3n) is 2.84. The summed E-state index contributed by atoms with van der Waals surface area (Å²) in [5.74, 6) is -2.06. The highest BCUT2D eigenvalue weighted by molar-refractivity contribution is 9.10. The number of benzene rings is 2. The van der Waals surface area contributed by atoms with Gasteiger partial charge in [-0.05, 0) is 36.8 Å². The summed E-state index contributed by atoms with van der Waals surface area (Å²) >= 11 is 3.33. The highest BCUT2D eigenvalue weighted by Crippen LogP contribution is 2.17. The van der Waals surface area contributed by atoms with Gasteiger partial charge in [-0.25, -0.2) is 8.78 Å². The first-order valence-electron chi connectivity index (χ1n) is 5.98. The summed E-state index contributed by atoms with van der Waals surface area (Å²) in [6.07, 6.45) is 0. The van der Waals surface area contributed by atoms with Crippen LogP contribution in [0.4, 0.5) is 8.78 Å². The van der Waals surface area contributed by atoms with E-state index in [1.807, 2.05) is 24.3 Å². The summed E-state index contributed by atoms with van der Waals surface area (Å²) in [6.45, 7) is 1.80. The molecule has 2 rings (SSSR count). The molecule has 0 radical (unpaired) electrons. The minimum Gasteiger partial charge on any atom is -0.346 e. The first-order valence-corrected chi connectivity index (χ1v) is 6.77.